The zero-order valence-electron chi connectivity index (χ0n) is 15.4. The Morgan fingerprint density at radius 1 is 1.16 bits per heavy atom. The molecule has 0 aliphatic carbocycles. The second-order valence-electron chi connectivity index (χ2n) is 7.36. The lowest BCUT2D eigenvalue weighted by Gasteiger charge is -2.42. The number of aliphatic hydroxyl groups is 1. The van der Waals surface area contributed by atoms with Crippen LogP contribution in [0, 0.1) is 5.92 Å². The molecule has 4 heteroatoms. The maximum atomic E-state index is 9.31. The molecule has 0 aromatic heterocycles. The van der Waals surface area contributed by atoms with Gasteiger partial charge < -0.3 is 9.84 Å². The van der Waals surface area contributed by atoms with Gasteiger partial charge in [0.1, 0.15) is 5.75 Å². The average Bonchev–Trinajstić information content (AvgIpc) is 2.69. The van der Waals surface area contributed by atoms with Crippen LogP contribution in [0.3, 0.4) is 0 Å². The molecular weight excluding hydrogens is 312 g/mol. The average molecular weight is 344 g/mol. The van der Waals surface area contributed by atoms with E-state index in [4.69, 9.17) is 4.74 Å². The highest BCUT2D eigenvalue weighted by atomic mass is 16.5. The molecule has 1 atom stereocenters. The van der Waals surface area contributed by atoms with E-state index < -0.39 is 0 Å². The summed E-state index contributed by atoms with van der Waals surface area (Å²) in [6, 6.07) is 8.85. The summed E-state index contributed by atoms with van der Waals surface area (Å²) in [5.74, 6) is 1.46. The molecule has 25 heavy (non-hydrogen) atoms. The summed E-state index contributed by atoms with van der Waals surface area (Å²) in [4.78, 5) is 5.22. The summed E-state index contributed by atoms with van der Waals surface area (Å²) >= 11 is 0. The van der Waals surface area contributed by atoms with E-state index in [2.05, 4.69) is 34.1 Å². The number of hydrogen-bond acceptors (Lipinski definition) is 4. The molecule has 0 bridgehead atoms. The predicted octanol–water partition coefficient (Wildman–Crippen LogP) is 2.88. The summed E-state index contributed by atoms with van der Waals surface area (Å²) < 4.78 is 5.41. The zero-order valence-corrected chi connectivity index (χ0v) is 15.4. The van der Waals surface area contributed by atoms with Crippen LogP contribution in [-0.4, -0.2) is 67.4 Å². The van der Waals surface area contributed by atoms with Gasteiger partial charge in [0, 0.05) is 31.3 Å². The third-order valence-electron chi connectivity index (χ3n) is 5.70. The molecule has 2 aliphatic heterocycles. The van der Waals surface area contributed by atoms with Gasteiger partial charge in [-0.25, -0.2) is 0 Å². The minimum atomic E-state index is 0.359. The summed E-state index contributed by atoms with van der Waals surface area (Å²) in [6.45, 7) is 6.03. The van der Waals surface area contributed by atoms with Gasteiger partial charge in [-0.1, -0.05) is 30.4 Å². The molecule has 2 fully saturated rings. The second-order valence-corrected chi connectivity index (χ2v) is 7.36. The minimum Gasteiger partial charge on any atom is -0.496 e. The normalized spacial score (nSPS) is 24.0. The Morgan fingerprint density at radius 3 is 2.72 bits per heavy atom. The Hall–Kier alpha value is -1.36. The van der Waals surface area contributed by atoms with Crippen molar-refractivity contribution in [1.29, 1.82) is 0 Å². The van der Waals surface area contributed by atoms with E-state index in [0.29, 0.717) is 18.6 Å². The lowest BCUT2D eigenvalue weighted by Crippen LogP contribution is -2.50. The fraction of sp³-hybridized carbons (Fsp3) is 0.619. The van der Waals surface area contributed by atoms with Crippen LogP contribution in [0.4, 0.5) is 0 Å². The number of para-hydroxylation sites is 1. The van der Waals surface area contributed by atoms with Crippen molar-refractivity contribution in [3.05, 3.63) is 35.9 Å². The second kappa shape index (κ2) is 9.37. The number of likely N-dealkylation sites (tertiary alicyclic amines) is 2. The first-order valence-electron chi connectivity index (χ1n) is 9.67. The number of aliphatic hydroxyl groups excluding tert-OH is 1. The molecule has 138 valence electrons. The van der Waals surface area contributed by atoms with Gasteiger partial charge in [-0.15, -0.1) is 0 Å². The highest BCUT2D eigenvalue weighted by Gasteiger charge is 2.28. The number of hydrogen-bond donors (Lipinski definition) is 1. The van der Waals surface area contributed by atoms with E-state index in [1.807, 2.05) is 12.1 Å². The van der Waals surface area contributed by atoms with Crippen LogP contribution in [-0.2, 0) is 0 Å². The minimum absolute atomic E-state index is 0.359. The third-order valence-corrected chi connectivity index (χ3v) is 5.70. The standard InChI is InChI=1S/C21H32N2O2/c1-25-21-9-3-2-6-19(21)7-4-12-22-13-5-8-20(16-22)23-14-10-18(17-24)11-15-23/h2-4,6-7,9,18,20,24H,5,8,10-17H2,1H3/b7-4+. The van der Waals surface area contributed by atoms with Crippen LogP contribution in [0.5, 0.6) is 5.75 Å². The van der Waals surface area contributed by atoms with Crippen molar-refractivity contribution in [2.75, 3.05) is 46.4 Å². The van der Waals surface area contributed by atoms with Gasteiger partial charge in [0.05, 0.1) is 7.11 Å². The third kappa shape index (κ3) is 5.06. The Kier molecular flexibility index (Phi) is 6.91. The van der Waals surface area contributed by atoms with Gasteiger partial charge in [-0.3, -0.25) is 9.80 Å². The molecular formula is C21H32N2O2. The summed E-state index contributed by atoms with van der Waals surface area (Å²) in [5, 5.41) is 9.31. The van der Waals surface area contributed by atoms with Crippen LogP contribution < -0.4 is 4.74 Å². The fourth-order valence-electron chi connectivity index (χ4n) is 4.13. The van der Waals surface area contributed by atoms with Gasteiger partial charge >= 0.3 is 0 Å². The van der Waals surface area contributed by atoms with Crippen LogP contribution in [0.1, 0.15) is 31.2 Å². The Balaban J connectivity index is 1.49. The maximum Gasteiger partial charge on any atom is 0.126 e. The van der Waals surface area contributed by atoms with E-state index >= 15 is 0 Å². The molecule has 1 aromatic carbocycles. The monoisotopic (exact) mass is 344 g/mol. The topological polar surface area (TPSA) is 35.9 Å². The summed E-state index contributed by atoms with van der Waals surface area (Å²) in [5.41, 5.74) is 1.14. The smallest absolute Gasteiger partial charge is 0.126 e. The predicted molar refractivity (Wildman–Crippen MR) is 103 cm³/mol. The first-order valence-corrected chi connectivity index (χ1v) is 9.67. The van der Waals surface area contributed by atoms with E-state index in [1.165, 1.54) is 25.9 Å². The van der Waals surface area contributed by atoms with Gasteiger partial charge in [-0.2, -0.15) is 0 Å². The highest BCUT2D eigenvalue weighted by molar-refractivity contribution is 5.57. The molecule has 0 saturated carbocycles. The van der Waals surface area contributed by atoms with Gasteiger partial charge in [-0.05, 0) is 57.3 Å². The molecule has 0 radical (unpaired) electrons. The zero-order chi connectivity index (χ0) is 17.5. The Labute approximate surface area is 152 Å². The Morgan fingerprint density at radius 2 is 1.96 bits per heavy atom. The van der Waals surface area contributed by atoms with Crippen molar-refractivity contribution in [2.24, 2.45) is 5.92 Å². The number of nitrogens with zero attached hydrogens (tertiary/aromatic N) is 2. The van der Waals surface area contributed by atoms with Crippen LogP contribution in [0.15, 0.2) is 30.3 Å². The van der Waals surface area contributed by atoms with Crippen molar-refractivity contribution in [2.45, 2.75) is 31.7 Å². The van der Waals surface area contributed by atoms with Crippen molar-refractivity contribution in [3.8, 4) is 5.75 Å². The maximum absolute atomic E-state index is 9.31. The van der Waals surface area contributed by atoms with Crippen molar-refractivity contribution in [1.82, 2.24) is 9.80 Å². The van der Waals surface area contributed by atoms with E-state index in [9.17, 15) is 5.11 Å². The molecule has 2 heterocycles. The number of methoxy groups -OCH3 is 1. The molecule has 1 aromatic rings. The van der Waals surface area contributed by atoms with Gasteiger partial charge in [0.25, 0.3) is 0 Å². The molecule has 4 nitrogen and oxygen atoms in total. The van der Waals surface area contributed by atoms with E-state index in [-0.39, 0.29) is 0 Å². The quantitative estimate of drug-likeness (QED) is 0.861. The highest BCUT2D eigenvalue weighted by Crippen LogP contribution is 2.23. The summed E-state index contributed by atoms with van der Waals surface area (Å²) in [6.07, 6.45) is 9.35. The molecule has 3 rings (SSSR count). The lowest BCUT2D eigenvalue weighted by molar-refractivity contribution is 0.0603. The molecule has 2 aliphatic rings. The van der Waals surface area contributed by atoms with Gasteiger partial charge in [0.2, 0.25) is 0 Å². The van der Waals surface area contributed by atoms with E-state index in [0.717, 1.165) is 43.8 Å². The van der Waals surface area contributed by atoms with Crippen LogP contribution in [0.25, 0.3) is 6.08 Å². The summed E-state index contributed by atoms with van der Waals surface area (Å²) in [7, 11) is 1.72. The Bertz CT molecular complexity index is 553. The first kappa shape index (κ1) is 18.4. The number of rotatable bonds is 6. The van der Waals surface area contributed by atoms with Crippen molar-refractivity contribution < 1.29 is 9.84 Å². The number of piperidine rings is 2. The van der Waals surface area contributed by atoms with Gasteiger partial charge in [0.15, 0.2) is 0 Å². The number of ether oxygens (including phenoxy) is 1. The molecule has 1 N–H and O–H groups in total. The first-order chi connectivity index (χ1) is 12.3. The van der Waals surface area contributed by atoms with Crippen molar-refractivity contribution in [3.63, 3.8) is 0 Å². The van der Waals surface area contributed by atoms with Crippen LogP contribution in [0.2, 0.25) is 0 Å². The van der Waals surface area contributed by atoms with Crippen molar-refractivity contribution >= 4 is 6.08 Å². The molecule has 0 spiro atoms. The SMILES string of the molecule is COc1ccccc1/C=C/CN1CCCC(N2CCC(CO)CC2)C1. The molecule has 1 unspecified atom stereocenters. The fourth-order valence-corrected chi connectivity index (χ4v) is 4.13. The van der Waals surface area contributed by atoms with Crippen LogP contribution >= 0.6 is 0 Å². The number of benzene rings is 1. The lowest BCUT2D eigenvalue weighted by atomic mass is 9.94. The molecule has 0 amide bonds. The largest absolute Gasteiger partial charge is 0.496 e. The molecule has 2 saturated heterocycles. The van der Waals surface area contributed by atoms with E-state index in [1.54, 1.807) is 7.11 Å².